The van der Waals surface area contributed by atoms with Crippen LogP contribution in [0.2, 0.25) is 0 Å². The summed E-state index contributed by atoms with van der Waals surface area (Å²) in [6.07, 6.45) is 3.72. The minimum Gasteiger partial charge on any atom is -0.455 e. The van der Waals surface area contributed by atoms with Crippen molar-refractivity contribution >= 4 is 29.5 Å². The van der Waals surface area contributed by atoms with E-state index in [4.69, 9.17) is 10.00 Å². The fourth-order valence-electron chi connectivity index (χ4n) is 3.27. The molecule has 0 unspecified atom stereocenters. The molecule has 0 bridgehead atoms. The Morgan fingerprint density at radius 3 is 2.57 bits per heavy atom. The number of benzene rings is 2. The van der Waals surface area contributed by atoms with Crippen LogP contribution in [-0.2, 0) is 25.5 Å². The monoisotopic (exact) mass is 403 g/mol. The maximum atomic E-state index is 12.4. The zero-order valence-electron chi connectivity index (χ0n) is 16.5. The predicted octanol–water partition coefficient (Wildman–Crippen LogP) is 3.20. The zero-order valence-corrected chi connectivity index (χ0v) is 16.5. The van der Waals surface area contributed by atoms with Crippen LogP contribution < -0.4 is 5.32 Å². The quantitative estimate of drug-likeness (QED) is 0.747. The topological polar surface area (TPSA) is 99.5 Å². The molecule has 0 spiro atoms. The van der Waals surface area contributed by atoms with Gasteiger partial charge in [0.15, 0.2) is 6.61 Å². The van der Waals surface area contributed by atoms with Crippen LogP contribution in [0.25, 0.3) is 6.08 Å². The van der Waals surface area contributed by atoms with Crippen molar-refractivity contribution in [3.63, 3.8) is 0 Å². The number of anilines is 1. The normalized spacial score (nSPS) is 14.4. The van der Waals surface area contributed by atoms with Gasteiger partial charge in [-0.2, -0.15) is 5.26 Å². The molecule has 30 heavy (non-hydrogen) atoms. The van der Waals surface area contributed by atoms with E-state index in [1.54, 1.807) is 30.5 Å². The molecule has 1 atom stereocenters. The number of esters is 1. The van der Waals surface area contributed by atoms with E-state index in [1.807, 2.05) is 30.3 Å². The molecule has 2 amide bonds. The van der Waals surface area contributed by atoms with Crippen molar-refractivity contribution in [2.24, 2.45) is 0 Å². The molecule has 1 heterocycles. The molecule has 0 aliphatic carbocycles. The first kappa shape index (κ1) is 20.8. The lowest BCUT2D eigenvalue weighted by Crippen LogP contribution is -2.33. The number of carbonyl (C=O) groups is 3. The average molecular weight is 403 g/mol. The van der Waals surface area contributed by atoms with Gasteiger partial charge in [0, 0.05) is 18.8 Å². The largest absolute Gasteiger partial charge is 0.455 e. The summed E-state index contributed by atoms with van der Waals surface area (Å²) >= 11 is 0. The summed E-state index contributed by atoms with van der Waals surface area (Å²) in [6, 6.07) is 16.0. The van der Waals surface area contributed by atoms with Crippen LogP contribution in [0.3, 0.4) is 0 Å². The van der Waals surface area contributed by atoms with Gasteiger partial charge in [-0.1, -0.05) is 36.4 Å². The highest BCUT2D eigenvalue weighted by Crippen LogP contribution is 2.33. The molecule has 0 aromatic heterocycles. The summed E-state index contributed by atoms with van der Waals surface area (Å²) in [5, 5.41) is 11.3. The average Bonchev–Trinajstić information content (AvgIpc) is 2.74. The number of hydrogen-bond donors (Lipinski definition) is 1. The Labute approximate surface area is 174 Å². The molecule has 152 valence electrons. The van der Waals surface area contributed by atoms with E-state index in [0.717, 1.165) is 16.7 Å². The third-order valence-corrected chi connectivity index (χ3v) is 4.71. The highest BCUT2D eigenvalue weighted by Gasteiger charge is 2.28. The molecule has 7 nitrogen and oxygen atoms in total. The van der Waals surface area contributed by atoms with Crippen molar-refractivity contribution in [3.8, 4) is 6.07 Å². The molecule has 0 fully saturated rings. The first-order chi connectivity index (χ1) is 14.5. The molecule has 2 aromatic rings. The molecule has 0 saturated heterocycles. The minimum absolute atomic E-state index is 0.0585. The number of carbonyl (C=O) groups excluding carboxylic acids is 3. The molecule has 3 rings (SSSR count). The second-order valence-electron chi connectivity index (χ2n) is 6.83. The van der Waals surface area contributed by atoms with Gasteiger partial charge in [-0.05, 0) is 34.9 Å². The van der Waals surface area contributed by atoms with Crippen LogP contribution in [0.15, 0.2) is 54.7 Å². The SMILES string of the molecule is CC(=O)N1C=Cc2ccccc2[C@@H]1CC(=O)OCC(=O)Nc1ccc(CC#N)cc1. The van der Waals surface area contributed by atoms with Gasteiger partial charge in [-0.25, -0.2) is 0 Å². The fraction of sp³-hybridized carbons (Fsp3) is 0.217. The maximum absolute atomic E-state index is 12.4. The molecule has 0 saturated carbocycles. The van der Waals surface area contributed by atoms with E-state index in [1.165, 1.54) is 11.8 Å². The van der Waals surface area contributed by atoms with Crippen LogP contribution in [0.4, 0.5) is 5.69 Å². The molecule has 0 radical (unpaired) electrons. The van der Waals surface area contributed by atoms with Gasteiger partial charge in [0.05, 0.1) is 25.0 Å². The molecule has 1 N–H and O–H groups in total. The molecular formula is C23H21N3O4. The number of nitrogens with zero attached hydrogens (tertiary/aromatic N) is 2. The number of amides is 2. The summed E-state index contributed by atoms with van der Waals surface area (Å²) in [5.41, 5.74) is 3.19. The summed E-state index contributed by atoms with van der Waals surface area (Å²) in [7, 11) is 0. The van der Waals surface area contributed by atoms with Crippen LogP contribution >= 0.6 is 0 Å². The Morgan fingerprint density at radius 2 is 1.87 bits per heavy atom. The van der Waals surface area contributed by atoms with Crippen LogP contribution in [-0.4, -0.2) is 29.3 Å². The highest BCUT2D eigenvalue weighted by molar-refractivity contribution is 5.92. The summed E-state index contributed by atoms with van der Waals surface area (Å²) in [4.78, 5) is 37.9. The second kappa shape index (κ2) is 9.52. The number of rotatable bonds is 6. The Morgan fingerprint density at radius 1 is 1.13 bits per heavy atom. The van der Waals surface area contributed by atoms with Crippen molar-refractivity contribution < 1.29 is 19.1 Å². The van der Waals surface area contributed by atoms with Crippen molar-refractivity contribution in [1.29, 1.82) is 5.26 Å². The van der Waals surface area contributed by atoms with Gasteiger partial charge in [-0.15, -0.1) is 0 Å². The minimum atomic E-state index is -0.573. The summed E-state index contributed by atoms with van der Waals surface area (Å²) in [5.74, 6) is -1.23. The fourth-order valence-corrected chi connectivity index (χ4v) is 3.27. The third-order valence-electron chi connectivity index (χ3n) is 4.71. The first-order valence-corrected chi connectivity index (χ1v) is 9.45. The lowest BCUT2D eigenvalue weighted by atomic mass is 9.94. The number of nitriles is 1. The van der Waals surface area contributed by atoms with Crippen LogP contribution in [0, 0.1) is 11.3 Å². The zero-order chi connectivity index (χ0) is 21.5. The van der Waals surface area contributed by atoms with Crippen molar-refractivity contribution in [1.82, 2.24) is 4.90 Å². The lowest BCUT2D eigenvalue weighted by molar-refractivity contribution is -0.149. The maximum Gasteiger partial charge on any atom is 0.308 e. The number of hydrogen-bond acceptors (Lipinski definition) is 5. The Hall–Kier alpha value is -3.92. The van der Waals surface area contributed by atoms with Crippen molar-refractivity contribution in [2.75, 3.05) is 11.9 Å². The highest BCUT2D eigenvalue weighted by atomic mass is 16.5. The third kappa shape index (κ3) is 5.11. The molecule has 1 aliphatic rings. The molecule has 1 aliphatic heterocycles. The van der Waals surface area contributed by atoms with Gasteiger partial charge < -0.3 is 15.0 Å². The summed E-state index contributed by atoms with van der Waals surface area (Å²) in [6.45, 7) is 1.01. The molecular weight excluding hydrogens is 382 g/mol. The molecule has 7 heteroatoms. The van der Waals surface area contributed by atoms with Gasteiger partial charge in [0.25, 0.3) is 5.91 Å². The van der Waals surface area contributed by atoms with E-state index in [9.17, 15) is 14.4 Å². The van der Waals surface area contributed by atoms with Crippen LogP contribution in [0.5, 0.6) is 0 Å². The van der Waals surface area contributed by atoms with Gasteiger partial charge >= 0.3 is 5.97 Å². The Kier molecular flexibility index (Phi) is 6.60. The van der Waals surface area contributed by atoms with Gasteiger partial charge in [0.2, 0.25) is 5.91 Å². The number of ether oxygens (including phenoxy) is 1. The standard InChI is InChI=1S/C23H21N3O4/c1-16(27)26-13-11-18-4-2-3-5-20(18)21(26)14-23(29)30-15-22(28)25-19-8-6-17(7-9-19)10-12-24/h2-9,11,13,21H,10,14-15H2,1H3,(H,25,28)/t21-/m0/s1. The molecule has 2 aromatic carbocycles. The van der Waals surface area contributed by atoms with E-state index in [-0.39, 0.29) is 12.3 Å². The van der Waals surface area contributed by atoms with E-state index in [2.05, 4.69) is 11.4 Å². The van der Waals surface area contributed by atoms with Crippen molar-refractivity contribution in [3.05, 3.63) is 71.4 Å². The predicted molar refractivity (Wildman–Crippen MR) is 111 cm³/mol. The van der Waals surface area contributed by atoms with E-state index in [0.29, 0.717) is 12.1 Å². The van der Waals surface area contributed by atoms with Gasteiger partial charge in [0.1, 0.15) is 0 Å². The van der Waals surface area contributed by atoms with E-state index < -0.39 is 24.5 Å². The Bertz CT molecular complexity index is 1020. The van der Waals surface area contributed by atoms with Gasteiger partial charge in [-0.3, -0.25) is 14.4 Å². The summed E-state index contributed by atoms with van der Waals surface area (Å²) < 4.78 is 5.13. The number of nitrogens with one attached hydrogen (secondary N) is 1. The van der Waals surface area contributed by atoms with Crippen LogP contribution in [0.1, 0.15) is 36.1 Å². The Balaban J connectivity index is 1.57. The number of fused-ring (bicyclic) bond motifs is 1. The van der Waals surface area contributed by atoms with E-state index >= 15 is 0 Å². The van der Waals surface area contributed by atoms with Crippen molar-refractivity contribution in [2.45, 2.75) is 25.8 Å². The second-order valence-corrected chi connectivity index (χ2v) is 6.83. The first-order valence-electron chi connectivity index (χ1n) is 9.45. The smallest absolute Gasteiger partial charge is 0.308 e. The lowest BCUT2D eigenvalue weighted by Gasteiger charge is -2.32.